The van der Waals surface area contributed by atoms with E-state index < -0.39 is 0 Å². The van der Waals surface area contributed by atoms with Crippen molar-refractivity contribution in [2.24, 2.45) is 0 Å². The topological polar surface area (TPSA) is 60.9 Å². The highest BCUT2D eigenvalue weighted by Gasteiger charge is 2.11. The Morgan fingerprint density at radius 3 is 2.79 bits per heavy atom. The fourth-order valence-electron chi connectivity index (χ4n) is 1.84. The monoisotopic (exact) mass is 341 g/mol. The number of halogens is 2. The third-order valence-corrected chi connectivity index (χ3v) is 4.35. The molecule has 0 radical (unpaired) electrons. The predicted octanol–water partition coefficient (Wildman–Crippen LogP) is 2.91. The molecular weight excluding hydrogens is 330 g/mol. The molecule has 0 amide bonds. The van der Waals surface area contributed by atoms with E-state index in [2.05, 4.69) is 20.9 Å². The second kappa shape index (κ2) is 5.35. The summed E-state index contributed by atoms with van der Waals surface area (Å²) in [5.41, 5.74) is 8.51. The Morgan fingerprint density at radius 2 is 2.11 bits per heavy atom. The van der Waals surface area contributed by atoms with Gasteiger partial charge in [0.1, 0.15) is 0 Å². The van der Waals surface area contributed by atoms with Gasteiger partial charge in [0.15, 0.2) is 0 Å². The fourth-order valence-corrected chi connectivity index (χ4v) is 2.34. The first-order valence-electron chi connectivity index (χ1n) is 5.67. The van der Waals surface area contributed by atoms with E-state index in [0.29, 0.717) is 22.9 Å². The van der Waals surface area contributed by atoms with Crippen LogP contribution in [0.5, 0.6) is 0 Å². The minimum absolute atomic E-state index is 0.294. The molecule has 19 heavy (non-hydrogen) atoms. The Balaban J connectivity index is 2.53. The Morgan fingerprint density at radius 1 is 1.42 bits per heavy atom. The van der Waals surface area contributed by atoms with E-state index in [4.69, 9.17) is 17.3 Å². The number of anilines is 1. The molecule has 100 valence electrons. The van der Waals surface area contributed by atoms with Crippen LogP contribution in [0.3, 0.4) is 0 Å². The first-order chi connectivity index (χ1) is 8.90. The van der Waals surface area contributed by atoms with Crippen LogP contribution in [-0.2, 0) is 6.54 Å². The summed E-state index contributed by atoms with van der Waals surface area (Å²) in [7, 11) is 0. The molecule has 4 nitrogen and oxygen atoms in total. The van der Waals surface area contributed by atoms with Gasteiger partial charge in [0, 0.05) is 16.4 Å². The Kier molecular flexibility index (Phi) is 3.96. The summed E-state index contributed by atoms with van der Waals surface area (Å²) in [5, 5.41) is 0.592. The lowest BCUT2D eigenvalue weighted by atomic mass is 10.1. The summed E-state index contributed by atoms with van der Waals surface area (Å²) in [6.45, 7) is 4.00. The molecular formula is C13H13BrClN3O. The van der Waals surface area contributed by atoms with Gasteiger partial charge >= 0.3 is 5.69 Å². The first kappa shape index (κ1) is 14.1. The van der Waals surface area contributed by atoms with Crippen molar-refractivity contribution in [3.05, 3.63) is 55.1 Å². The first-order valence-corrected chi connectivity index (χ1v) is 6.84. The lowest BCUT2D eigenvalue weighted by molar-refractivity contribution is 0.690. The maximum Gasteiger partial charge on any atom is 0.348 e. The number of nitrogens with two attached hydrogens (primary N) is 1. The molecule has 2 aromatic rings. The van der Waals surface area contributed by atoms with Crippen LogP contribution in [0.25, 0.3) is 0 Å². The quantitative estimate of drug-likeness (QED) is 0.854. The molecule has 0 atom stereocenters. The van der Waals surface area contributed by atoms with Crippen LogP contribution < -0.4 is 11.4 Å². The lowest BCUT2D eigenvalue weighted by Gasteiger charge is -2.13. The Hall–Kier alpha value is -1.33. The molecule has 2 N–H and O–H groups in total. The maximum atomic E-state index is 12.0. The number of nitrogens with zero attached hydrogens (tertiary/aromatic N) is 2. The molecule has 0 spiro atoms. The van der Waals surface area contributed by atoms with E-state index in [1.165, 1.54) is 0 Å². The molecule has 1 aromatic carbocycles. The number of nitrogen functional groups attached to an aromatic ring is 1. The zero-order valence-electron chi connectivity index (χ0n) is 10.6. The van der Waals surface area contributed by atoms with Crippen LogP contribution in [0, 0.1) is 13.8 Å². The summed E-state index contributed by atoms with van der Waals surface area (Å²) in [5.74, 6) is 0. The average molecular weight is 343 g/mol. The minimum Gasteiger partial charge on any atom is -0.398 e. The highest BCUT2D eigenvalue weighted by molar-refractivity contribution is 9.10. The van der Waals surface area contributed by atoms with Crippen molar-refractivity contribution in [2.45, 2.75) is 20.4 Å². The second-order valence-corrected chi connectivity index (χ2v) is 5.54. The third-order valence-electron chi connectivity index (χ3n) is 2.97. The molecule has 1 aromatic heterocycles. The fraction of sp³-hybridized carbons (Fsp3) is 0.231. The summed E-state index contributed by atoms with van der Waals surface area (Å²) in [4.78, 5) is 15.9. The van der Waals surface area contributed by atoms with E-state index in [1.807, 2.05) is 6.92 Å². The highest BCUT2D eigenvalue weighted by atomic mass is 79.9. The highest BCUT2D eigenvalue weighted by Crippen LogP contribution is 2.21. The average Bonchev–Trinajstić information content (AvgIpc) is 2.36. The smallest absolute Gasteiger partial charge is 0.348 e. The molecule has 0 aliphatic carbocycles. The lowest BCUT2D eigenvalue weighted by Crippen LogP contribution is -2.27. The van der Waals surface area contributed by atoms with Gasteiger partial charge in [-0.15, -0.1) is 0 Å². The standard InChI is InChI=1S/C13H13BrClN3O/c1-7-12(14)8(2)18(13(19)17-7)6-9-5-10(15)3-4-11(9)16/h3-5H,6,16H2,1-2H3. The minimum atomic E-state index is -0.294. The van der Waals surface area contributed by atoms with Crippen LogP contribution in [0.15, 0.2) is 27.5 Å². The van der Waals surface area contributed by atoms with Gasteiger partial charge in [-0.05, 0) is 53.5 Å². The number of benzene rings is 1. The molecule has 6 heteroatoms. The number of hydrogen-bond acceptors (Lipinski definition) is 3. The van der Waals surface area contributed by atoms with Gasteiger partial charge in [0.2, 0.25) is 0 Å². The van der Waals surface area contributed by atoms with Crippen molar-refractivity contribution in [1.29, 1.82) is 0 Å². The van der Waals surface area contributed by atoms with E-state index >= 15 is 0 Å². The number of aryl methyl sites for hydroxylation is 1. The van der Waals surface area contributed by atoms with Gasteiger partial charge in [0.25, 0.3) is 0 Å². The molecule has 0 fully saturated rings. The van der Waals surface area contributed by atoms with Crippen molar-refractivity contribution < 1.29 is 0 Å². The van der Waals surface area contributed by atoms with Crippen LogP contribution in [0.4, 0.5) is 5.69 Å². The van der Waals surface area contributed by atoms with Gasteiger partial charge in [-0.2, -0.15) is 4.98 Å². The molecule has 1 heterocycles. The Bertz CT molecular complexity index is 697. The van der Waals surface area contributed by atoms with Crippen molar-refractivity contribution in [3.63, 3.8) is 0 Å². The van der Waals surface area contributed by atoms with Gasteiger partial charge in [0.05, 0.1) is 16.7 Å². The number of hydrogen-bond donors (Lipinski definition) is 1. The van der Waals surface area contributed by atoms with Gasteiger partial charge in [-0.25, -0.2) is 4.79 Å². The third kappa shape index (κ3) is 2.82. The predicted molar refractivity (Wildman–Crippen MR) is 80.6 cm³/mol. The number of rotatable bonds is 2. The molecule has 0 unspecified atom stereocenters. The van der Waals surface area contributed by atoms with Crippen molar-refractivity contribution >= 4 is 33.2 Å². The van der Waals surface area contributed by atoms with Crippen LogP contribution in [-0.4, -0.2) is 9.55 Å². The molecule has 2 rings (SSSR count). The summed E-state index contributed by atoms with van der Waals surface area (Å²) in [6.07, 6.45) is 0. The zero-order chi connectivity index (χ0) is 14.2. The summed E-state index contributed by atoms with van der Waals surface area (Å²) < 4.78 is 2.40. The van der Waals surface area contributed by atoms with Gasteiger partial charge < -0.3 is 5.73 Å². The molecule has 0 saturated carbocycles. The van der Waals surface area contributed by atoms with Crippen molar-refractivity contribution in [2.75, 3.05) is 5.73 Å². The molecule has 0 bridgehead atoms. The van der Waals surface area contributed by atoms with Gasteiger partial charge in [-0.1, -0.05) is 11.6 Å². The summed E-state index contributed by atoms with van der Waals surface area (Å²) in [6, 6.07) is 5.21. The molecule has 0 aliphatic heterocycles. The van der Waals surface area contributed by atoms with Crippen LogP contribution in [0.1, 0.15) is 17.0 Å². The van der Waals surface area contributed by atoms with E-state index in [0.717, 1.165) is 15.7 Å². The SMILES string of the molecule is Cc1nc(=O)n(Cc2cc(Cl)ccc2N)c(C)c1Br. The largest absolute Gasteiger partial charge is 0.398 e. The number of aromatic nitrogens is 2. The zero-order valence-corrected chi connectivity index (χ0v) is 12.9. The second-order valence-electron chi connectivity index (χ2n) is 4.31. The van der Waals surface area contributed by atoms with E-state index in [1.54, 1.807) is 29.7 Å². The Labute approximate surface area is 124 Å². The van der Waals surface area contributed by atoms with Crippen LogP contribution >= 0.6 is 27.5 Å². The van der Waals surface area contributed by atoms with Crippen LogP contribution in [0.2, 0.25) is 5.02 Å². The van der Waals surface area contributed by atoms with Crippen molar-refractivity contribution in [1.82, 2.24) is 9.55 Å². The summed E-state index contributed by atoms with van der Waals surface area (Å²) >= 11 is 9.38. The maximum absolute atomic E-state index is 12.0. The van der Waals surface area contributed by atoms with E-state index in [-0.39, 0.29) is 5.69 Å². The molecule has 0 aliphatic rings. The molecule has 0 saturated heterocycles. The van der Waals surface area contributed by atoms with E-state index in [9.17, 15) is 4.79 Å². The van der Waals surface area contributed by atoms with Gasteiger partial charge in [-0.3, -0.25) is 4.57 Å². The van der Waals surface area contributed by atoms with Crippen molar-refractivity contribution in [3.8, 4) is 0 Å². The normalized spacial score (nSPS) is 10.7.